The summed E-state index contributed by atoms with van der Waals surface area (Å²) in [6, 6.07) is 18.1. The van der Waals surface area contributed by atoms with Gasteiger partial charge in [0.1, 0.15) is 5.75 Å². The number of halogens is 2. The molecule has 2 amide bonds. The second kappa shape index (κ2) is 17.2. The van der Waals surface area contributed by atoms with Crippen molar-refractivity contribution in [3.8, 4) is 5.75 Å². The predicted octanol–water partition coefficient (Wildman–Crippen LogP) is 3.70. The Morgan fingerprint density at radius 3 is 2.00 bits per heavy atom. The number of hydroxylamine groups is 1. The molecule has 4 atom stereocenters. The highest BCUT2D eigenvalue weighted by Gasteiger charge is 2.55. The average molecular weight is 778 g/mol. The highest BCUT2D eigenvalue weighted by molar-refractivity contribution is 7.89. The predicted molar refractivity (Wildman–Crippen MR) is 198 cm³/mol. The zero-order valence-corrected chi connectivity index (χ0v) is 32.2. The van der Waals surface area contributed by atoms with Crippen LogP contribution in [0.25, 0.3) is 0 Å². The molecule has 282 valence electrons. The Morgan fingerprint density at radius 2 is 1.50 bits per heavy atom. The van der Waals surface area contributed by atoms with Crippen LogP contribution in [0.1, 0.15) is 42.6 Å². The third-order valence-corrected chi connectivity index (χ3v) is 11.6. The molecule has 0 aliphatic carbocycles. The molecule has 0 bridgehead atoms. The zero-order valence-electron chi connectivity index (χ0n) is 29.9. The second-order valence-electron chi connectivity index (χ2n) is 12.7. The average Bonchev–Trinajstić information content (AvgIpc) is 3.56. The van der Waals surface area contributed by atoms with Gasteiger partial charge in [-0.25, -0.2) is 8.42 Å². The maximum atomic E-state index is 15.2. The number of benzene rings is 3. The van der Waals surface area contributed by atoms with E-state index in [0.717, 1.165) is 15.6 Å². The van der Waals surface area contributed by atoms with Crippen molar-refractivity contribution in [2.75, 3.05) is 67.1 Å². The molecule has 5 rings (SSSR count). The Labute approximate surface area is 315 Å². The number of piperazine rings is 1. The lowest BCUT2D eigenvalue weighted by Gasteiger charge is -2.40. The first-order valence-corrected chi connectivity index (χ1v) is 19.2. The molecule has 2 unspecified atom stereocenters. The van der Waals surface area contributed by atoms with Gasteiger partial charge in [-0.3, -0.25) is 30.0 Å². The van der Waals surface area contributed by atoms with E-state index in [2.05, 4.69) is 16.0 Å². The fraction of sp³-hybridized carbons (Fsp3) is 0.444. The summed E-state index contributed by atoms with van der Waals surface area (Å²) in [5.41, 5.74) is 0.276. The Morgan fingerprint density at radius 1 is 0.942 bits per heavy atom. The van der Waals surface area contributed by atoms with Gasteiger partial charge in [0.2, 0.25) is 5.91 Å². The fourth-order valence-corrected chi connectivity index (χ4v) is 7.65. The quantitative estimate of drug-likeness (QED) is 0.208. The van der Waals surface area contributed by atoms with Gasteiger partial charge in [-0.05, 0) is 67.4 Å². The molecular weight excluding hydrogens is 731 g/mol. The molecule has 0 radical (unpaired) electrons. The van der Waals surface area contributed by atoms with E-state index in [0.29, 0.717) is 48.5 Å². The molecule has 16 heteroatoms. The summed E-state index contributed by atoms with van der Waals surface area (Å²) in [5.74, 6) is -0.144. The molecule has 2 fully saturated rings. The van der Waals surface area contributed by atoms with E-state index < -0.39 is 27.8 Å². The van der Waals surface area contributed by atoms with Gasteiger partial charge < -0.3 is 19.7 Å². The van der Waals surface area contributed by atoms with Crippen LogP contribution in [0.5, 0.6) is 5.75 Å². The topological polar surface area (TPSA) is 142 Å². The zero-order chi connectivity index (χ0) is 37.6. The van der Waals surface area contributed by atoms with Gasteiger partial charge >= 0.3 is 0 Å². The third kappa shape index (κ3) is 8.73. The van der Waals surface area contributed by atoms with E-state index >= 15 is 4.79 Å². The maximum Gasteiger partial charge on any atom is 0.264 e. The Kier molecular flexibility index (Phi) is 13.2. The van der Waals surface area contributed by atoms with Gasteiger partial charge in [0.25, 0.3) is 15.9 Å². The lowest BCUT2D eigenvalue weighted by molar-refractivity contribution is -0.141. The van der Waals surface area contributed by atoms with Gasteiger partial charge in [0, 0.05) is 62.5 Å². The smallest absolute Gasteiger partial charge is 0.264 e. The van der Waals surface area contributed by atoms with Crippen LogP contribution in [-0.4, -0.2) is 108 Å². The number of hydrogen-bond donors (Lipinski definition) is 3. The van der Waals surface area contributed by atoms with E-state index in [4.69, 9.17) is 37.5 Å². The largest absolute Gasteiger partial charge is 0.493 e. The highest BCUT2D eigenvalue weighted by atomic mass is 35.5. The molecular formula is C36H46Cl2N6O7S. The van der Waals surface area contributed by atoms with E-state index in [1.54, 1.807) is 42.3 Å². The molecule has 2 saturated heterocycles. The monoisotopic (exact) mass is 776 g/mol. The van der Waals surface area contributed by atoms with Crippen LogP contribution in [0.4, 0.5) is 0 Å². The van der Waals surface area contributed by atoms with Crippen molar-refractivity contribution < 1.29 is 32.3 Å². The first kappa shape index (κ1) is 39.9. The van der Waals surface area contributed by atoms with Crippen LogP contribution >= 0.6 is 23.2 Å². The minimum Gasteiger partial charge on any atom is -0.493 e. The number of nitrogens with zero attached hydrogens (tertiary/aromatic N) is 3. The number of sulfonamides is 1. The van der Waals surface area contributed by atoms with Crippen LogP contribution in [0.2, 0.25) is 10.0 Å². The van der Waals surface area contributed by atoms with E-state index in [-0.39, 0.29) is 41.5 Å². The standard InChI is InChI=1S/C36H46Cl2N6O7S/c1-6-51-31-16-15-29(52(47,48)42(3)50-5)21-30(31)36(35(46)44-19-17-43(18-20-44)23-32(45)39-22-24(2)49-4)40-33(25-7-11-27(37)12-8-25)34(41-36)26-9-13-28(38)14-10-26/h7-16,21,24,33-34,40-41H,6,17-20,22-23H2,1-5H3,(H,39,45)/t24?,33-,34+,36?. The summed E-state index contributed by atoms with van der Waals surface area (Å²) >= 11 is 12.6. The molecule has 0 aromatic heterocycles. The molecule has 0 saturated carbocycles. The minimum absolute atomic E-state index is 0.0947. The Balaban J connectivity index is 1.59. The Bertz CT molecular complexity index is 1750. The van der Waals surface area contributed by atoms with Gasteiger partial charge in [0.15, 0.2) is 5.66 Å². The number of nitrogens with one attached hydrogen (secondary N) is 3. The van der Waals surface area contributed by atoms with Crippen molar-refractivity contribution in [2.45, 2.75) is 42.6 Å². The van der Waals surface area contributed by atoms with Crippen molar-refractivity contribution in [2.24, 2.45) is 0 Å². The molecule has 52 heavy (non-hydrogen) atoms. The second-order valence-corrected chi connectivity index (χ2v) is 15.5. The lowest BCUT2D eigenvalue weighted by atomic mass is 9.95. The highest BCUT2D eigenvalue weighted by Crippen LogP contribution is 2.45. The fourth-order valence-electron chi connectivity index (χ4n) is 6.40. The van der Waals surface area contributed by atoms with Crippen LogP contribution in [-0.2, 0) is 34.8 Å². The van der Waals surface area contributed by atoms with Gasteiger partial charge in [0.05, 0.1) is 43.3 Å². The minimum atomic E-state index is -4.13. The SMILES string of the molecule is CCOc1ccc(S(=O)(=O)N(C)OC)cc1C1(C(=O)N2CCN(CC(=O)NCC(C)OC)CC2)N[C@H](c2ccc(Cl)cc2)[C@H](c2ccc(Cl)cc2)N1. The van der Waals surface area contributed by atoms with Gasteiger partial charge in [-0.15, -0.1) is 0 Å². The number of methoxy groups -OCH3 is 1. The number of carbonyl (C=O) groups excluding carboxylic acids is 2. The number of rotatable bonds is 14. The Hall–Kier alpha value is -3.31. The maximum absolute atomic E-state index is 15.2. The van der Waals surface area contributed by atoms with E-state index in [1.165, 1.54) is 26.3 Å². The number of hydrogen-bond acceptors (Lipinski definition) is 10. The first-order valence-electron chi connectivity index (χ1n) is 17.0. The van der Waals surface area contributed by atoms with Gasteiger partial charge in [-0.2, -0.15) is 0 Å². The first-order chi connectivity index (χ1) is 24.8. The number of ether oxygens (including phenoxy) is 2. The molecule has 3 aromatic rings. The number of carbonyl (C=O) groups is 2. The summed E-state index contributed by atoms with van der Waals surface area (Å²) in [6.45, 7) is 6.05. The van der Waals surface area contributed by atoms with Crippen molar-refractivity contribution in [1.29, 1.82) is 0 Å². The molecule has 3 aromatic carbocycles. The summed E-state index contributed by atoms with van der Waals surface area (Å²) < 4.78 is 39.3. The molecule has 13 nitrogen and oxygen atoms in total. The van der Waals surface area contributed by atoms with E-state index in [9.17, 15) is 13.2 Å². The molecule has 0 spiro atoms. The molecule has 3 N–H and O–H groups in total. The molecule has 2 heterocycles. The lowest BCUT2D eigenvalue weighted by Crippen LogP contribution is -2.62. The third-order valence-electron chi connectivity index (χ3n) is 9.42. The summed E-state index contributed by atoms with van der Waals surface area (Å²) in [7, 11) is 0.0165. The normalized spacial score (nSPS) is 21.7. The van der Waals surface area contributed by atoms with Crippen LogP contribution in [0, 0.1) is 0 Å². The van der Waals surface area contributed by atoms with Gasteiger partial charge in [-0.1, -0.05) is 51.9 Å². The summed E-state index contributed by atoms with van der Waals surface area (Å²) in [4.78, 5) is 36.6. The molecule has 2 aliphatic rings. The summed E-state index contributed by atoms with van der Waals surface area (Å²) in [6.07, 6.45) is -0.112. The van der Waals surface area contributed by atoms with Crippen LogP contribution in [0.3, 0.4) is 0 Å². The van der Waals surface area contributed by atoms with E-state index in [1.807, 2.05) is 43.0 Å². The van der Waals surface area contributed by atoms with Crippen molar-refractivity contribution in [1.82, 2.24) is 30.2 Å². The van der Waals surface area contributed by atoms with Crippen molar-refractivity contribution in [3.63, 3.8) is 0 Å². The number of amides is 2. The van der Waals surface area contributed by atoms with Crippen molar-refractivity contribution >= 4 is 45.0 Å². The molecule has 2 aliphatic heterocycles. The van der Waals surface area contributed by atoms with Crippen molar-refractivity contribution in [3.05, 3.63) is 93.5 Å². The van der Waals surface area contributed by atoms with Crippen LogP contribution in [0.15, 0.2) is 71.6 Å². The van der Waals surface area contributed by atoms with Crippen LogP contribution < -0.4 is 20.7 Å². The summed E-state index contributed by atoms with van der Waals surface area (Å²) in [5, 5.41) is 11.2.